The van der Waals surface area contributed by atoms with E-state index in [1.807, 2.05) is 60.7 Å². The molecular formula is C35H34O6. The van der Waals surface area contributed by atoms with Crippen molar-refractivity contribution in [1.82, 2.24) is 0 Å². The van der Waals surface area contributed by atoms with Crippen LogP contribution < -0.4 is 4.74 Å². The highest BCUT2D eigenvalue weighted by atomic mass is 16.5. The zero-order valence-electron chi connectivity index (χ0n) is 23.3. The fourth-order valence-corrected chi connectivity index (χ4v) is 4.50. The third-order valence-corrected chi connectivity index (χ3v) is 6.72. The number of Topliss-reactive ketones (excluding diaryl/α,β-unsaturated/α-hetero) is 1. The first-order valence-electron chi connectivity index (χ1n) is 13.7. The number of rotatable bonds is 13. The molecule has 0 radical (unpaired) electrons. The number of hydrogen-bond acceptors (Lipinski definition) is 5. The molecule has 210 valence electrons. The number of hydrogen-bond donors (Lipinski definition) is 1. The quantitative estimate of drug-likeness (QED) is 0.134. The van der Waals surface area contributed by atoms with E-state index in [0.29, 0.717) is 34.8 Å². The van der Waals surface area contributed by atoms with Gasteiger partial charge in [-0.05, 0) is 58.9 Å². The second-order valence-electron chi connectivity index (χ2n) is 10.3. The zero-order valence-corrected chi connectivity index (χ0v) is 23.3. The normalized spacial score (nSPS) is 10.8. The summed E-state index contributed by atoms with van der Waals surface area (Å²) in [7, 11) is 0. The maximum atomic E-state index is 13.4. The van der Waals surface area contributed by atoms with Gasteiger partial charge in [-0.2, -0.15) is 0 Å². The lowest BCUT2D eigenvalue weighted by atomic mass is 9.92. The Hall–Kier alpha value is -4.71. The van der Waals surface area contributed by atoms with Crippen LogP contribution in [-0.4, -0.2) is 22.8 Å². The second-order valence-corrected chi connectivity index (χ2v) is 10.3. The molecule has 6 heteroatoms. The van der Waals surface area contributed by atoms with E-state index in [-0.39, 0.29) is 30.1 Å². The average Bonchev–Trinajstić information content (AvgIpc) is 2.99. The molecule has 41 heavy (non-hydrogen) atoms. The molecule has 0 saturated carbocycles. The molecule has 6 nitrogen and oxygen atoms in total. The number of carbonyl (C=O) groups excluding carboxylic acids is 2. The van der Waals surface area contributed by atoms with Crippen molar-refractivity contribution < 1.29 is 29.0 Å². The lowest BCUT2D eigenvalue weighted by molar-refractivity contribution is 0.0473. The van der Waals surface area contributed by atoms with Gasteiger partial charge < -0.3 is 14.6 Å². The zero-order chi connectivity index (χ0) is 29.2. The molecular weight excluding hydrogens is 516 g/mol. The summed E-state index contributed by atoms with van der Waals surface area (Å²) in [5.41, 5.74) is 2.97. The van der Waals surface area contributed by atoms with E-state index in [4.69, 9.17) is 9.47 Å². The van der Waals surface area contributed by atoms with E-state index >= 15 is 0 Å². The molecule has 1 N–H and O–H groups in total. The molecule has 0 aliphatic carbocycles. The van der Waals surface area contributed by atoms with Crippen LogP contribution in [0.4, 0.5) is 0 Å². The first kappa shape index (κ1) is 29.3. The first-order chi connectivity index (χ1) is 19.8. The van der Waals surface area contributed by atoms with Gasteiger partial charge in [0.15, 0.2) is 5.78 Å². The van der Waals surface area contributed by atoms with E-state index in [1.165, 1.54) is 12.1 Å². The Morgan fingerprint density at radius 1 is 0.732 bits per heavy atom. The molecule has 0 fully saturated rings. The van der Waals surface area contributed by atoms with E-state index in [2.05, 4.69) is 13.8 Å². The van der Waals surface area contributed by atoms with Crippen LogP contribution in [0.3, 0.4) is 0 Å². The molecule has 0 aliphatic heterocycles. The van der Waals surface area contributed by atoms with Crippen molar-refractivity contribution in [3.8, 4) is 16.9 Å². The minimum Gasteiger partial charge on any atom is -0.489 e. The maximum Gasteiger partial charge on any atom is 0.339 e. The minimum atomic E-state index is -1.16. The summed E-state index contributed by atoms with van der Waals surface area (Å²) in [5, 5.41) is 10.1. The van der Waals surface area contributed by atoms with Crippen LogP contribution in [-0.2, 0) is 18.0 Å². The number of carbonyl (C=O) groups is 3. The number of ketones is 1. The Kier molecular flexibility index (Phi) is 10.1. The first-order valence-corrected chi connectivity index (χ1v) is 13.7. The molecule has 0 spiro atoms. The SMILES string of the molecule is CC(C)CCCC(=O)c1ccc(-c2ccc(OCc3ccccc3)cc2C(=O)O)c(C(=O)OCc2ccccc2)c1. The molecule has 0 unspecified atom stereocenters. The van der Waals surface area contributed by atoms with Gasteiger partial charge in [-0.3, -0.25) is 4.79 Å². The minimum absolute atomic E-state index is 0.0244. The smallest absolute Gasteiger partial charge is 0.339 e. The van der Waals surface area contributed by atoms with Gasteiger partial charge in [0.25, 0.3) is 0 Å². The average molecular weight is 551 g/mol. The van der Waals surface area contributed by atoms with Crippen LogP contribution in [0.25, 0.3) is 11.1 Å². The van der Waals surface area contributed by atoms with Crippen molar-refractivity contribution in [2.45, 2.75) is 46.3 Å². The van der Waals surface area contributed by atoms with Gasteiger partial charge in [0.1, 0.15) is 19.0 Å². The number of benzene rings is 4. The Morgan fingerprint density at radius 3 is 1.98 bits per heavy atom. The van der Waals surface area contributed by atoms with Crippen LogP contribution in [0.5, 0.6) is 5.75 Å². The Labute approximate surface area is 240 Å². The number of ether oxygens (including phenoxy) is 2. The van der Waals surface area contributed by atoms with Crippen LogP contribution >= 0.6 is 0 Å². The summed E-state index contributed by atoms with van der Waals surface area (Å²) >= 11 is 0. The second kappa shape index (κ2) is 14.1. The Balaban J connectivity index is 1.66. The summed E-state index contributed by atoms with van der Waals surface area (Å²) in [6.45, 7) is 4.55. The highest BCUT2D eigenvalue weighted by molar-refractivity contribution is 6.05. The summed E-state index contributed by atoms with van der Waals surface area (Å²) in [4.78, 5) is 38.7. The van der Waals surface area contributed by atoms with Gasteiger partial charge >= 0.3 is 11.9 Å². The molecule has 0 aliphatic rings. The third kappa shape index (κ3) is 8.15. The van der Waals surface area contributed by atoms with Crippen LogP contribution in [0, 0.1) is 5.92 Å². The molecule has 0 amide bonds. The monoisotopic (exact) mass is 550 g/mol. The highest BCUT2D eigenvalue weighted by Crippen LogP contribution is 2.32. The molecule has 4 aromatic carbocycles. The van der Waals surface area contributed by atoms with Crippen molar-refractivity contribution in [2.75, 3.05) is 0 Å². The molecule has 4 rings (SSSR count). The third-order valence-electron chi connectivity index (χ3n) is 6.72. The van der Waals surface area contributed by atoms with Crippen LogP contribution in [0.1, 0.15) is 75.3 Å². The highest BCUT2D eigenvalue weighted by Gasteiger charge is 2.22. The standard InChI is InChI=1S/C35H34O6/c1-24(2)10-9-15-33(36)27-16-18-30(32(20-27)35(39)41-23-26-13-7-4-8-14-26)29-19-17-28(21-31(29)34(37)38)40-22-25-11-5-3-6-12-25/h3-8,11-14,16-21,24H,9-10,15,22-23H2,1-2H3,(H,37,38). The van der Waals surface area contributed by atoms with Gasteiger partial charge in [-0.1, -0.05) is 93.1 Å². The van der Waals surface area contributed by atoms with E-state index in [0.717, 1.165) is 24.0 Å². The van der Waals surface area contributed by atoms with E-state index in [1.54, 1.807) is 24.3 Å². The topological polar surface area (TPSA) is 89.9 Å². The Morgan fingerprint density at radius 2 is 1.34 bits per heavy atom. The van der Waals surface area contributed by atoms with Gasteiger partial charge in [0, 0.05) is 12.0 Å². The van der Waals surface area contributed by atoms with E-state index < -0.39 is 11.9 Å². The van der Waals surface area contributed by atoms with Gasteiger partial charge in [0.05, 0.1) is 11.1 Å². The predicted molar refractivity (Wildman–Crippen MR) is 158 cm³/mol. The molecule has 4 aromatic rings. The van der Waals surface area contributed by atoms with Crippen LogP contribution in [0.2, 0.25) is 0 Å². The molecule has 0 bridgehead atoms. The van der Waals surface area contributed by atoms with Crippen LogP contribution in [0.15, 0.2) is 97.1 Å². The Bertz CT molecular complexity index is 1490. The molecule has 0 saturated heterocycles. The van der Waals surface area contributed by atoms with Crippen molar-refractivity contribution in [1.29, 1.82) is 0 Å². The number of esters is 1. The summed E-state index contributed by atoms with van der Waals surface area (Å²) < 4.78 is 11.5. The molecule has 0 aromatic heterocycles. The van der Waals surface area contributed by atoms with E-state index in [9.17, 15) is 19.5 Å². The van der Waals surface area contributed by atoms with Crippen molar-refractivity contribution in [2.24, 2.45) is 5.92 Å². The number of carboxylic acids is 1. The van der Waals surface area contributed by atoms with Crippen molar-refractivity contribution in [3.05, 3.63) is 125 Å². The van der Waals surface area contributed by atoms with Gasteiger partial charge in [0.2, 0.25) is 0 Å². The van der Waals surface area contributed by atoms with Gasteiger partial charge in [-0.15, -0.1) is 0 Å². The van der Waals surface area contributed by atoms with Gasteiger partial charge in [-0.25, -0.2) is 9.59 Å². The fraction of sp³-hybridized carbons (Fsp3) is 0.229. The summed E-state index contributed by atoms with van der Waals surface area (Å²) in [6, 6.07) is 28.4. The van der Waals surface area contributed by atoms with Crippen molar-refractivity contribution >= 4 is 17.7 Å². The lowest BCUT2D eigenvalue weighted by Gasteiger charge is -2.15. The van der Waals surface area contributed by atoms with Crippen molar-refractivity contribution in [3.63, 3.8) is 0 Å². The predicted octanol–water partition coefficient (Wildman–Crippen LogP) is 8.00. The number of aromatic carboxylic acids is 1. The molecule has 0 heterocycles. The lowest BCUT2D eigenvalue weighted by Crippen LogP contribution is -2.11. The summed E-state index contributed by atoms with van der Waals surface area (Å²) in [5.74, 6) is -0.996. The maximum absolute atomic E-state index is 13.4. The largest absolute Gasteiger partial charge is 0.489 e. The number of carboxylic acid groups (broad SMARTS) is 1. The summed E-state index contributed by atoms with van der Waals surface area (Å²) in [6.07, 6.45) is 2.04. The molecule has 0 atom stereocenters. The fourth-order valence-electron chi connectivity index (χ4n) is 4.50.